The van der Waals surface area contributed by atoms with Crippen molar-refractivity contribution in [3.63, 3.8) is 0 Å². The number of hydrogen-bond donors (Lipinski definition) is 0. The van der Waals surface area contributed by atoms with Crippen LogP contribution in [0.15, 0.2) is 53.4 Å². The van der Waals surface area contributed by atoms with Crippen LogP contribution in [0, 0.1) is 6.92 Å². The van der Waals surface area contributed by atoms with E-state index in [2.05, 4.69) is 0 Å². The summed E-state index contributed by atoms with van der Waals surface area (Å²) in [5.74, 6) is -0.202. The summed E-state index contributed by atoms with van der Waals surface area (Å²) in [5.41, 5.74) is 1.94. The first-order chi connectivity index (χ1) is 13.7. The van der Waals surface area contributed by atoms with E-state index in [0.29, 0.717) is 31.7 Å². The fraction of sp³-hybridized carbons (Fsp3) is 0.409. The van der Waals surface area contributed by atoms with Crippen molar-refractivity contribution in [2.75, 3.05) is 45.2 Å². The Morgan fingerprint density at radius 3 is 2.10 bits per heavy atom. The lowest BCUT2D eigenvalue weighted by Gasteiger charge is -2.26. The Morgan fingerprint density at radius 1 is 0.931 bits per heavy atom. The van der Waals surface area contributed by atoms with Crippen LogP contribution in [-0.2, 0) is 10.0 Å². The van der Waals surface area contributed by atoms with Gasteiger partial charge >= 0.3 is 0 Å². The van der Waals surface area contributed by atoms with E-state index in [1.807, 2.05) is 56.3 Å². The fourth-order valence-electron chi connectivity index (χ4n) is 3.11. The first kappa shape index (κ1) is 23.1. The lowest BCUT2D eigenvalue weighted by atomic mass is 10.1. The zero-order valence-corrected chi connectivity index (χ0v) is 18.7. The minimum atomic E-state index is -3.64. The summed E-state index contributed by atoms with van der Waals surface area (Å²) in [7, 11) is 0.273. The van der Waals surface area contributed by atoms with Gasteiger partial charge in [0.15, 0.2) is 0 Å². The van der Waals surface area contributed by atoms with Crippen molar-refractivity contribution < 1.29 is 13.2 Å². The predicted molar refractivity (Wildman–Crippen MR) is 118 cm³/mol. The molecule has 0 atom stereocenters. The van der Waals surface area contributed by atoms with E-state index in [1.54, 1.807) is 30.9 Å². The van der Waals surface area contributed by atoms with E-state index >= 15 is 0 Å². The molecular formula is C22H31N3O3S. The highest BCUT2D eigenvalue weighted by Gasteiger charge is 2.25. The van der Waals surface area contributed by atoms with Crippen molar-refractivity contribution in [1.29, 1.82) is 0 Å². The Hall–Kier alpha value is -2.22. The lowest BCUT2D eigenvalue weighted by molar-refractivity contribution is 0.0984. The Balaban J connectivity index is 2.49. The molecule has 0 fully saturated rings. The van der Waals surface area contributed by atoms with Gasteiger partial charge in [0.2, 0.25) is 10.0 Å². The van der Waals surface area contributed by atoms with Gasteiger partial charge in [-0.1, -0.05) is 38.1 Å². The maximum atomic E-state index is 13.5. The summed E-state index contributed by atoms with van der Waals surface area (Å²) in [6.45, 7) is 7.40. The van der Waals surface area contributed by atoms with Crippen LogP contribution in [-0.4, -0.2) is 63.8 Å². The third kappa shape index (κ3) is 5.44. The van der Waals surface area contributed by atoms with Crippen LogP contribution < -0.4 is 4.90 Å². The molecule has 0 N–H and O–H groups in total. The van der Waals surface area contributed by atoms with Crippen molar-refractivity contribution in [2.24, 2.45) is 0 Å². The van der Waals surface area contributed by atoms with Gasteiger partial charge in [0.05, 0.1) is 4.90 Å². The van der Waals surface area contributed by atoms with Crippen molar-refractivity contribution in [1.82, 2.24) is 9.21 Å². The van der Waals surface area contributed by atoms with Crippen LogP contribution in [0.1, 0.15) is 29.8 Å². The molecule has 0 aliphatic rings. The topological polar surface area (TPSA) is 60.9 Å². The van der Waals surface area contributed by atoms with Gasteiger partial charge in [-0.2, -0.15) is 4.31 Å². The van der Waals surface area contributed by atoms with Gasteiger partial charge < -0.3 is 9.80 Å². The molecule has 0 aromatic heterocycles. The molecule has 0 saturated carbocycles. The Morgan fingerprint density at radius 2 is 1.55 bits per heavy atom. The SMILES string of the molecule is CCN(CC)S(=O)(=O)c1ccc(C)c(C(=O)N(CCN(C)C)c2ccccc2)c1. The number of para-hydroxylation sites is 1. The predicted octanol–water partition coefficient (Wildman–Crippen LogP) is 3.23. The summed E-state index contributed by atoms with van der Waals surface area (Å²) < 4.78 is 27.3. The van der Waals surface area contributed by atoms with Crippen molar-refractivity contribution >= 4 is 21.6 Å². The molecule has 6 nitrogen and oxygen atoms in total. The number of sulfonamides is 1. The van der Waals surface area contributed by atoms with Crippen molar-refractivity contribution in [3.05, 3.63) is 59.7 Å². The molecule has 2 aromatic rings. The fourth-order valence-corrected chi connectivity index (χ4v) is 4.59. The highest BCUT2D eigenvalue weighted by Crippen LogP contribution is 2.23. The monoisotopic (exact) mass is 417 g/mol. The van der Waals surface area contributed by atoms with Gasteiger partial charge in [-0.05, 0) is 50.8 Å². The molecule has 0 radical (unpaired) electrons. The number of benzene rings is 2. The molecule has 0 aliphatic heterocycles. The molecular weight excluding hydrogens is 386 g/mol. The number of hydrogen-bond acceptors (Lipinski definition) is 4. The van der Waals surface area contributed by atoms with E-state index in [-0.39, 0.29) is 10.8 Å². The highest BCUT2D eigenvalue weighted by atomic mass is 32.2. The molecule has 0 heterocycles. The van der Waals surface area contributed by atoms with Crippen LogP contribution in [0.3, 0.4) is 0 Å². The lowest BCUT2D eigenvalue weighted by Crippen LogP contribution is -2.37. The number of aryl methyl sites for hydroxylation is 1. The Labute approximate surface area is 174 Å². The average Bonchev–Trinajstić information content (AvgIpc) is 2.69. The van der Waals surface area contributed by atoms with Crippen LogP contribution >= 0.6 is 0 Å². The van der Waals surface area contributed by atoms with Crippen LogP contribution in [0.4, 0.5) is 5.69 Å². The molecule has 2 aromatic carbocycles. The first-order valence-corrected chi connectivity index (χ1v) is 11.3. The number of nitrogens with zero attached hydrogens (tertiary/aromatic N) is 3. The van der Waals surface area contributed by atoms with Crippen LogP contribution in [0.5, 0.6) is 0 Å². The zero-order chi connectivity index (χ0) is 21.6. The molecule has 0 spiro atoms. The maximum Gasteiger partial charge on any atom is 0.258 e. The second kappa shape index (κ2) is 10.0. The van der Waals surface area contributed by atoms with Gasteiger partial charge in [-0.15, -0.1) is 0 Å². The smallest absolute Gasteiger partial charge is 0.258 e. The normalized spacial score (nSPS) is 11.8. The number of likely N-dealkylation sites (N-methyl/N-ethyl adjacent to an activating group) is 1. The molecule has 0 unspecified atom stereocenters. The summed E-state index contributed by atoms with van der Waals surface area (Å²) in [4.78, 5) is 17.3. The maximum absolute atomic E-state index is 13.5. The third-order valence-corrected chi connectivity index (χ3v) is 6.91. The highest BCUT2D eigenvalue weighted by molar-refractivity contribution is 7.89. The summed E-state index contributed by atoms with van der Waals surface area (Å²) >= 11 is 0. The van der Waals surface area contributed by atoms with Gasteiger partial charge in [0.1, 0.15) is 0 Å². The van der Waals surface area contributed by atoms with Gasteiger partial charge in [0, 0.05) is 37.4 Å². The van der Waals surface area contributed by atoms with E-state index in [4.69, 9.17) is 0 Å². The third-order valence-electron chi connectivity index (χ3n) is 4.87. The second-order valence-corrected chi connectivity index (χ2v) is 9.10. The Bertz CT molecular complexity index is 924. The van der Waals surface area contributed by atoms with E-state index in [9.17, 15) is 13.2 Å². The number of carbonyl (C=O) groups is 1. The molecule has 29 heavy (non-hydrogen) atoms. The summed E-state index contributed by atoms with van der Waals surface area (Å²) in [6.07, 6.45) is 0. The van der Waals surface area contributed by atoms with E-state index in [0.717, 1.165) is 11.3 Å². The second-order valence-electron chi connectivity index (χ2n) is 7.16. The molecule has 158 valence electrons. The number of rotatable bonds is 9. The van der Waals surface area contributed by atoms with Crippen molar-refractivity contribution in [2.45, 2.75) is 25.7 Å². The van der Waals surface area contributed by atoms with Gasteiger partial charge in [0.25, 0.3) is 5.91 Å². The van der Waals surface area contributed by atoms with Crippen molar-refractivity contribution in [3.8, 4) is 0 Å². The summed E-state index contributed by atoms with van der Waals surface area (Å²) in [5, 5.41) is 0. The van der Waals surface area contributed by atoms with Crippen LogP contribution in [0.25, 0.3) is 0 Å². The summed E-state index contributed by atoms with van der Waals surface area (Å²) in [6, 6.07) is 14.3. The van der Waals surface area contributed by atoms with Gasteiger partial charge in [-0.3, -0.25) is 4.79 Å². The first-order valence-electron chi connectivity index (χ1n) is 9.84. The Kier molecular flexibility index (Phi) is 7.96. The molecule has 0 aliphatic carbocycles. The molecule has 0 saturated heterocycles. The molecule has 0 bridgehead atoms. The molecule has 7 heteroatoms. The quantitative estimate of drug-likeness (QED) is 0.628. The average molecular weight is 418 g/mol. The van der Waals surface area contributed by atoms with Gasteiger partial charge in [-0.25, -0.2) is 8.42 Å². The minimum Gasteiger partial charge on any atom is -0.308 e. The number of amides is 1. The minimum absolute atomic E-state index is 0.149. The molecule has 2 rings (SSSR count). The zero-order valence-electron chi connectivity index (χ0n) is 17.9. The number of anilines is 1. The van der Waals surface area contributed by atoms with Crippen LogP contribution in [0.2, 0.25) is 0 Å². The van der Waals surface area contributed by atoms with E-state index in [1.165, 1.54) is 10.4 Å². The standard InChI is InChI=1S/C22H31N3O3S/c1-6-24(7-2)29(27,28)20-14-13-18(3)21(17-20)22(26)25(16-15-23(4)5)19-11-9-8-10-12-19/h8-14,17H,6-7,15-16H2,1-5H3. The van der Waals surface area contributed by atoms with E-state index < -0.39 is 10.0 Å². The largest absolute Gasteiger partial charge is 0.308 e. The number of carbonyl (C=O) groups excluding carboxylic acids is 1. The molecule has 1 amide bonds.